The molecule has 3 rings (SSSR count). The van der Waals surface area contributed by atoms with E-state index in [1.54, 1.807) is 49.6 Å². The lowest BCUT2D eigenvalue weighted by atomic mass is 9.91. The number of hydrogen-bond acceptors (Lipinski definition) is 3. The second-order valence-electron chi connectivity index (χ2n) is 4.80. The third kappa shape index (κ3) is 2.38. The van der Waals surface area contributed by atoms with Gasteiger partial charge in [0, 0.05) is 10.7 Å². The van der Waals surface area contributed by atoms with Crippen molar-refractivity contribution >= 4 is 28.9 Å². The fourth-order valence-corrected chi connectivity index (χ4v) is 2.64. The first-order valence-corrected chi connectivity index (χ1v) is 6.81. The van der Waals surface area contributed by atoms with Crippen molar-refractivity contribution in [2.24, 2.45) is 0 Å². The number of anilines is 1. The molecule has 0 fully saturated rings. The number of fused-ring (bicyclic) bond motifs is 1. The number of halogens is 1. The van der Waals surface area contributed by atoms with Gasteiger partial charge in [-0.1, -0.05) is 11.6 Å². The molecule has 106 valence electrons. The molecule has 1 heterocycles. The zero-order valence-electron chi connectivity index (χ0n) is 11.3. The van der Waals surface area contributed by atoms with Crippen LogP contribution in [0.1, 0.15) is 17.0 Å². The molecule has 0 saturated carbocycles. The summed E-state index contributed by atoms with van der Waals surface area (Å²) in [6.45, 7) is 0. The van der Waals surface area contributed by atoms with E-state index in [0.29, 0.717) is 22.0 Å². The van der Waals surface area contributed by atoms with Crippen LogP contribution in [0.3, 0.4) is 0 Å². The number of carbonyl (C=O) groups is 1. The highest BCUT2D eigenvalue weighted by Crippen LogP contribution is 2.36. The number of methoxy groups -OCH3 is 1. The molecule has 2 aromatic carbocycles. The van der Waals surface area contributed by atoms with Crippen LogP contribution in [-0.2, 0) is 4.79 Å². The van der Waals surface area contributed by atoms with E-state index in [9.17, 15) is 4.79 Å². The van der Waals surface area contributed by atoms with Crippen LogP contribution in [0.2, 0.25) is 5.02 Å². The van der Waals surface area contributed by atoms with E-state index >= 15 is 0 Å². The fraction of sp³-hybridized carbons (Fsp3) is 0.125. The Kier molecular flexibility index (Phi) is 3.39. The average molecular weight is 301 g/mol. The van der Waals surface area contributed by atoms with Gasteiger partial charge in [-0.25, -0.2) is 0 Å². The van der Waals surface area contributed by atoms with Gasteiger partial charge in [-0.05, 0) is 53.6 Å². The molecular weight excluding hydrogens is 288 g/mol. The molecule has 0 aliphatic carbocycles. The summed E-state index contributed by atoms with van der Waals surface area (Å²) < 4.78 is 5.10. The summed E-state index contributed by atoms with van der Waals surface area (Å²) in [4.78, 5) is 12.2. The Morgan fingerprint density at radius 2 is 1.95 bits per heavy atom. The molecule has 1 amide bonds. The number of benzene rings is 2. The highest BCUT2D eigenvalue weighted by molar-refractivity contribution is 6.31. The Balaban J connectivity index is 1.98. The minimum atomic E-state index is -0.632. The molecule has 1 aliphatic rings. The minimum Gasteiger partial charge on any atom is -0.497 e. The Labute approximate surface area is 127 Å². The van der Waals surface area contributed by atoms with E-state index in [-0.39, 0.29) is 11.6 Å². The van der Waals surface area contributed by atoms with Crippen LogP contribution in [0.25, 0.3) is 0 Å². The largest absolute Gasteiger partial charge is 0.497 e. The van der Waals surface area contributed by atoms with Crippen molar-refractivity contribution in [1.29, 1.82) is 5.41 Å². The lowest BCUT2D eigenvalue weighted by molar-refractivity contribution is -0.115. The van der Waals surface area contributed by atoms with Gasteiger partial charge in [0.2, 0.25) is 5.91 Å². The number of nitrogens with one attached hydrogen (secondary N) is 2. The second kappa shape index (κ2) is 5.22. The molecule has 0 aromatic heterocycles. The molecule has 21 heavy (non-hydrogen) atoms. The molecule has 1 atom stereocenters. The van der Waals surface area contributed by atoms with E-state index in [2.05, 4.69) is 5.32 Å². The predicted octanol–water partition coefficient (Wildman–Crippen LogP) is 3.45. The van der Waals surface area contributed by atoms with Crippen molar-refractivity contribution in [3.05, 3.63) is 58.6 Å². The molecule has 2 N–H and O–H groups in total. The number of rotatable bonds is 3. The van der Waals surface area contributed by atoms with Crippen LogP contribution in [0.15, 0.2) is 42.5 Å². The molecule has 0 saturated heterocycles. The van der Waals surface area contributed by atoms with Crippen LogP contribution >= 0.6 is 11.6 Å². The van der Waals surface area contributed by atoms with E-state index < -0.39 is 5.92 Å². The Hall–Kier alpha value is -2.33. The Morgan fingerprint density at radius 3 is 2.62 bits per heavy atom. The summed E-state index contributed by atoms with van der Waals surface area (Å²) >= 11 is 6.00. The van der Waals surface area contributed by atoms with E-state index in [4.69, 9.17) is 21.7 Å². The van der Waals surface area contributed by atoms with Gasteiger partial charge in [-0.3, -0.25) is 4.79 Å². The Morgan fingerprint density at radius 1 is 1.24 bits per heavy atom. The smallest absolute Gasteiger partial charge is 0.238 e. The topological polar surface area (TPSA) is 62.2 Å². The maximum Gasteiger partial charge on any atom is 0.238 e. The quantitative estimate of drug-likeness (QED) is 0.853. The van der Waals surface area contributed by atoms with Crippen molar-refractivity contribution in [3.8, 4) is 5.75 Å². The summed E-state index contributed by atoms with van der Waals surface area (Å²) in [6, 6.07) is 12.3. The van der Waals surface area contributed by atoms with E-state index in [1.807, 2.05) is 0 Å². The normalized spacial score (nSPS) is 16.3. The van der Waals surface area contributed by atoms with Gasteiger partial charge < -0.3 is 15.5 Å². The van der Waals surface area contributed by atoms with Gasteiger partial charge in [-0.15, -0.1) is 0 Å². The number of carbonyl (C=O) groups excluding carboxylic acids is 1. The number of hydrogen-bond donors (Lipinski definition) is 2. The van der Waals surface area contributed by atoms with Crippen LogP contribution in [0.4, 0.5) is 5.69 Å². The van der Waals surface area contributed by atoms with Crippen molar-refractivity contribution < 1.29 is 9.53 Å². The molecule has 1 aliphatic heterocycles. The van der Waals surface area contributed by atoms with Crippen molar-refractivity contribution in [3.63, 3.8) is 0 Å². The fourth-order valence-electron chi connectivity index (χ4n) is 2.46. The van der Waals surface area contributed by atoms with Crippen LogP contribution in [0, 0.1) is 5.41 Å². The molecule has 5 heteroatoms. The van der Waals surface area contributed by atoms with E-state index in [1.165, 1.54) is 0 Å². The second-order valence-corrected chi connectivity index (χ2v) is 5.23. The SMILES string of the molecule is COc1ccc(C(=N)C2C(=O)Nc3ccc(Cl)cc32)cc1. The summed E-state index contributed by atoms with van der Waals surface area (Å²) in [5, 5.41) is 11.7. The van der Waals surface area contributed by atoms with Gasteiger partial charge in [0.1, 0.15) is 11.7 Å². The third-order valence-electron chi connectivity index (χ3n) is 3.53. The first-order chi connectivity index (χ1) is 10.1. The maximum absolute atomic E-state index is 12.2. The van der Waals surface area contributed by atoms with Crippen LogP contribution in [-0.4, -0.2) is 18.7 Å². The van der Waals surface area contributed by atoms with Crippen LogP contribution in [0.5, 0.6) is 5.75 Å². The molecule has 0 radical (unpaired) electrons. The van der Waals surface area contributed by atoms with Crippen molar-refractivity contribution in [2.45, 2.75) is 5.92 Å². The zero-order chi connectivity index (χ0) is 15.0. The summed E-state index contributed by atoms with van der Waals surface area (Å²) in [6.07, 6.45) is 0. The highest BCUT2D eigenvalue weighted by Gasteiger charge is 2.34. The predicted molar refractivity (Wildman–Crippen MR) is 82.6 cm³/mol. The monoisotopic (exact) mass is 300 g/mol. The molecular formula is C16H13ClN2O2. The lowest BCUT2D eigenvalue weighted by Crippen LogP contribution is -2.21. The summed E-state index contributed by atoms with van der Waals surface area (Å²) in [5.41, 5.74) is 2.39. The van der Waals surface area contributed by atoms with E-state index in [0.717, 1.165) is 5.56 Å². The average Bonchev–Trinajstić information content (AvgIpc) is 2.82. The van der Waals surface area contributed by atoms with Gasteiger partial charge in [0.05, 0.1) is 12.8 Å². The highest BCUT2D eigenvalue weighted by atomic mass is 35.5. The summed E-state index contributed by atoms with van der Waals surface area (Å²) in [7, 11) is 1.59. The molecule has 1 unspecified atom stereocenters. The third-order valence-corrected chi connectivity index (χ3v) is 3.77. The molecule has 0 spiro atoms. The molecule has 4 nitrogen and oxygen atoms in total. The van der Waals surface area contributed by atoms with Crippen LogP contribution < -0.4 is 10.1 Å². The summed E-state index contributed by atoms with van der Waals surface area (Å²) in [5.74, 6) is -0.119. The first kappa shape index (κ1) is 13.6. The standard InChI is InChI=1S/C16H13ClN2O2/c1-21-11-5-2-9(3-6-11)15(18)14-12-8-10(17)4-7-13(12)19-16(14)20/h2-8,14,18H,1H3,(H,19,20). The van der Waals surface area contributed by atoms with Gasteiger partial charge in [-0.2, -0.15) is 0 Å². The lowest BCUT2D eigenvalue weighted by Gasteiger charge is -2.12. The van der Waals surface area contributed by atoms with Gasteiger partial charge in [0.25, 0.3) is 0 Å². The zero-order valence-corrected chi connectivity index (χ0v) is 12.1. The van der Waals surface area contributed by atoms with Gasteiger partial charge >= 0.3 is 0 Å². The molecule has 0 bridgehead atoms. The van der Waals surface area contributed by atoms with Crippen molar-refractivity contribution in [2.75, 3.05) is 12.4 Å². The number of ether oxygens (including phenoxy) is 1. The Bertz CT molecular complexity index is 726. The van der Waals surface area contributed by atoms with Gasteiger partial charge in [0.15, 0.2) is 0 Å². The first-order valence-electron chi connectivity index (χ1n) is 6.43. The maximum atomic E-state index is 12.2. The number of amides is 1. The van der Waals surface area contributed by atoms with Crippen molar-refractivity contribution in [1.82, 2.24) is 0 Å². The minimum absolute atomic E-state index is 0.201. The molecule has 2 aromatic rings.